The number of nitrogens with zero attached hydrogens (tertiary/aromatic N) is 2. The minimum absolute atomic E-state index is 0.0528. The zero-order valence-electron chi connectivity index (χ0n) is 8.47. The molecule has 6 nitrogen and oxygen atoms in total. The van der Waals surface area contributed by atoms with Gasteiger partial charge in [-0.3, -0.25) is 0 Å². The highest BCUT2D eigenvalue weighted by Gasteiger charge is 2.33. The van der Waals surface area contributed by atoms with Gasteiger partial charge in [0.2, 0.25) is 5.89 Å². The molecule has 0 radical (unpaired) electrons. The molecule has 82 valence electrons. The predicted molar refractivity (Wildman–Crippen MR) is 49.9 cm³/mol. The molecular formula is C9H13N3O3. The van der Waals surface area contributed by atoms with Crippen molar-refractivity contribution in [3.8, 4) is 0 Å². The number of hydrogen-bond donors (Lipinski definition) is 1. The normalized spacial score (nSPS) is 17.5. The van der Waals surface area contributed by atoms with Crippen LogP contribution in [0.25, 0.3) is 0 Å². The lowest BCUT2D eigenvalue weighted by Crippen LogP contribution is -2.13. The number of hydrogen-bond acceptors (Lipinski definition) is 6. The molecule has 1 aliphatic carbocycles. The van der Waals surface area contributed by atoms with E-state index < -0.39 is 5.97 Å². The molecule has 2 rings (SSSR count). The Bertz CT molecular complexity index is 359. The Hall–Kier alpha value is -1.43. The van der Waals surface area contributed by atoms with Crippen LogP contribution in [0, 0.1) is 5.92 Å². The second-order valence-corrected chi connectivity index (χ2v) is 3.54. The molecule has 1 unspecified atom stereocenters. The van der Waals surface area contributed by atoms with Gasteiger partial charge in [-0.05, 0) is 30.8 Å². The average Bonchev–Trinajstić information content (AvgIpc) is 2.95. The summed E-state index contributed by atoms with van der Waals surface area (Å²) >= 11 is 0. The van der Waals surface area contributed by atoms with Gasteiger partial charge < -0.3 is 15.0 Å². The first kappa shape index (κ1) is 10.1. The first-order valence-corrected chi connectivity index (χ1v) is 4.98. The topological polar surface area (TPSA) is 91.2 Å². The van der Waals surface area contributed by atoms with Crippen LogP contribution < -0.4 is 5.73 Å². The number of rotatable bonds is 4. The molecule has 1 aliphatic rings. The van der Waals surface area contributed by atoms with Crippen molar-refractivity contribution in [2.45, 2.75) is 25.8 Å². The molecule has 1 aromatic rings. The molecule has 0 amide bonds. The maximum atomic E-state index is 11.2. The molecule has 0 bridgehead atoms. The molecule has 1 heterocycles. The molecular weight excluding hydrogens is 198 g/mol. The van der Waals surface area contributed by atoms with Crippen LogP contribution in [0.1, 0.15) is 42.3 Å². The number of nitrogens with two attached hydrogens (primary N) is 1. The number of carbonyl (C=O) groups excluding carboxylic acids is 1. The van der Waals surface area contributed by atoms with Crippen molar-refractivity contribution in [1.82, 2.24) is 10.1 Å². The molecule has 6 heteroatoms. The van der Waals surface area contributed by atoms with Crippen molar-refractivity contribution >= 4 is 5.97 Å². The van der Waals surface area contributed by atoms with E-state index in [0.717, 1.165) is 12.8 Å². The molecule has 0 aliphatic heterocycles. The van der Waals surface area contributed by atoms with Gasteiger partial charge in [0.25, 0.3) is 5.82 Å². The van der Waals surface area contributed by atoms with E-state index in [1.54, 1.807) is 6.92 Å². The summed E-state index contributed by atoms with van der Waals surface area (Å²) in [5.74, 6) is 0.111. The molecule has 1 aromatic heterocycles. The summed E-state index contributed by atoms with van der Waals surface area (Å²) in [6.07, 6.45) is 2.16. The van der Waals surface area contributed by atoms with Crippen LogP contribution in [0.2, 0.25) is 0 Å². The van der Waals surface area contributed by atoms with E-state index in [1.807, 2.05) is 0 Å². The van der Waals surface area contributed by atoms with Gasteiger partial charge in [-0.1, -0.05) is 0 Å². The van der Waals surface area contributed by atoms with Crippen molar-refractivity contribution in [2.24, 2.45) is 11.7 Å². The lowest BCUT2D eigenvalue weighted by molar-refractivity contribution is 0.0508. The third kappa shape index (κ3) is 2.15. The van der Waals surface area contributed by atoms with Gasteiger partial charge in [0.1, 0.15) is 0 Å². The second kappa shape index (κ2) is 3.98. The molecule has 0 saturated heterocycles. The minimum atomic E-state index is -0.574. The van der Waals surface area contributed by atoms with Crippen molar-refractivity contribution in [3.05, 3.63) is 11.7 Å². The fourth-order valence-corrected chi connectivity index (χ4v) is 1.31. The van der Waals surface area contributed by atoms with Gasteiger partial charge in [0.15, 0.2) is 0 Å². The van der Waals surface area contributed by atoms with E-state index in [2.05, 4.69) is 10.1 Å². The summed E-state index contributed by atoms with van der Waals surface area (Å²) in [6, 6.07) is -0.249. The first-order valence-electron chi connectivity index (χ1n) is 4.98. The van der Waals surface area contributed by atoms with Crippen LogP contribution in [0.4, 0.5) is 0 Å². The van der Waals surface area contributed by atoms with Gasteiger partial charge in [-0.15, -0.1) is 0 Å². The van der Waals surface area contributed by atoms with Gasteiger partial charge in [-0.25, -0.2) is 4.79 Å². The van der Waals surface area contributed by atoms with E-state index in [0.29, 0.717) is 11.8 Å². The Labute approximate surface area is 86.8 Å². The van der Waals surface area contributed by atoms with Crippen LogP contribution in [0.15, 0.2) is 4.52 Å². The van der Waals surface area contributed by atoms with Crippen molar-refractivity contribution < 1.29 is 14.1 Å². The lowest BCUT2D eigenvalue weighted by Gasteiger charge is -2.01. The fourth-order valence-electron chi connectivity index (χ4n) is 1.31. The van der Waals surface area contributed by atoms with E-state index in [-0.39, 0.29) is 18.5 Å². The van der Waals surface area contributed by atoms with Gasteiger partial charge in [-0.2, -0.15) is 4.98 Å². The molecule has 0 aromatic carbocycles. The van der Waals surface area contributed by atoms with Gasteiger partial charge in [0, 0.05) is 0 Å². The quantitative estimate of drug-likeness (QED) is 0.735. The third-order valence-corrected chi connectivity index (χ3v) is 2.31. The zero-order valence-corrected chi connectivity index (χ0v) is 8.47. The summed E-state index contributed by atoms with van der Waals surface area (Å²) in [5.41, 5.74) is 5.84. The number of carbonyl (C=O) groups is 1. The molecule has 15 heavy (non-hydrogen) atoms. The van der Waals surface area contributed by atoms with E-state index in [9.17, 15) is 4.79 Å². The summed E-state index contributed by atoms with van der Waals surface area (Å²) in [7, 11) is 0. The molecule has 1 atom stereocenters. The predicted octanol–water partition coefficient (Wildman–Crippen LogP) is 0.656. The maximum absolute atomic E-state index is 11.2. The van der Waals surface area contributed by atoms with Gasteiger partial charge in [0.05, 0.1) is 12.6 Å². The monoisotopic (exact) mass is 211 g/mol. The van der Waals surface area contributed by atoms with E-state index in [1.165, 1.54) is 0 Å². The summed E-state index contributed by atoms with van der Waals surface area (Å²) < 4.78 is 9.64. The Balaban J connectivity index is 2.05. The fraction of sp³-hybridized carbons (Fsp3) is 0.667. The lowest BCUT2D eigenvalue weighted by atomic mass is 10.2. The van der Waals surface area contributed by atoms with Crippen LogP contribution in [-0.2, 0) is 4.74 Å². The average molecular weight is 211 g/mol. The standard InChI is InChI=1S/C9H13N3O3/c1-2-14-9(13)7-11-8(15-12-7)6(10)5-3-4-5/h5-6H,2-4,10H2,1H3. The van der Waals surface area contributed by atoms with Crippen molar-refractivity contribution in [1.29, 1.82) is 0 Å². The Morgan fingerprint density at radius 1 is 1.73 bits per heavy atom. The number of esters is 1. The highest BCUT2D eigenvalue weighted by atomic mass is 16.5. The summed E-state index contributed by atoms with van der Waals surface area (Å²) in [6.45, 7) is 2.01. The number of aromatic nitrogens is 2. The Morgan fingerprint density at radius 2 is 2.47 bits per heavy atom. The van der Waals surface area contributed by atoms with E-state index in [4.69, 9.17) is 15.0 Å². The minimum Gasteiger partial charge on any atom is -0.460 e. The van der Waals surface area contributed by atoms with Crippen LogP contribution in [-0.4, -0.2) is 22.7 Å². The van der Waals surface area contributed by atoms with E-state index >= 15 is 0 Å². The second-order valence-electron chi connectivity index (χ2n) is 3.54. The first-order chi connectivity index (χ1) is 7.22. The van der Waals surface area contributed by atoms with Crippen LogP contribution in [0.3, 0.4) is 0 Å². The molecule has 2 N–H and O–H groups in total. The number of ether oxygens (including phenoxy) is 1. The zero-order chi connectivity index (χ0) is 10.8. The molecule has 1 fully saturated rings. The maximum Gasteiger partial charge on any atom is 0.379 e. The highest BCUT2D eigenvalue weighted by Crippen LogP contribution is 2.38. The Morgan fingerprint density at radius 3 is 3.07 bits per heavy atom. The SMILES string of the molecule is CCOC(=O)c1noc(C(N)C2CC2)n1. The Kier molecular flexibility index (Phi) is 2.68. The smallest absolute Gasteiger partial charge is 0.379 e. The summed E-state index contributed by atoms with van der Waals surface area (Å²) in [5, 5.41) is 3.53. The molecule has 0 spiro atoms. The van der Waals surface area contributed by atoms with Crippen LogP contribution >= 0.6 is 0 Å². The highest BCUT2D eigenvalue weighted by molar-refractivity contribution is 5.84. The largest absolute Gasteiger partial charge is 0.460 e. The van der Waals surface area contributed by atoms with Crippen molar-refractivity contribution in [2.75, 3.05) is 6.61 Å². The third-order valence-electron chi connectivity index (χ3n) is 2.31. The summed E-state index contributed by atoms with van der Waals surface area (Å²) in [4.78, 5) is 15.1. The molecule has 1 saturated carbocycles. The van der Waals surface area contributed by atoms with Crippen LogP contribution in [0.5, 0.6) is 0 Å². The van der Waals surface area contributed by atoms with Gasteiger partial charge >= 0.3 is 5.97 Å². The van der Waals surface area contributed by atoms with Crippen molar-refractivity contribution in [3.63, 3.8) is 0 Å².